The molecule has 1 saturated heterocycles. The van der Waals surface area contributed by atoms with Crippen LogP contribution in [0.25, 0.3) is 16.5 Å². The lowest BCUT2D eigenvalue weighted by atomic mass is 9.46. The van der Waals surface area contributed by atoms with E-state index in [9.17, 15) is 45.0 Å². The van der Waals surface area contributed by atoms with Gasteiger partial charge >= 0.3 is 5.97 Å². The minimum absolute atomic E-state index is 0.0140. The number of methoxy groups -OCH3 is 1. The number of carbonyl (C=O) groups is 3. The van der Waals surface area contributed by atoms with Crippen molar-refractivity contribution in [2.24, 2.45) is 41.4 Å². The van der Waals surface area contributed by atoms with E-state index >= 15 is 0 Å². The van der Waals surface area contributed by atoms with E-state index in [4.69, 9.17) is 23.7 Å². The lowest BCUT2D eigenvalue weighted by Crippen LogP contribution is -2.74. The number of nitrogens with one attached hydrogen (secondary N) is 1. The zero-order valence-corrected chi connectivity index (χ0v) is 44.4. The van der Waals surface area contributed by atoms with Gasteiger partial charge in [0.25, 0.3) is 0 Å². The number of piperidine rings is 1. The number of aromatic amines is 1. The first-order valence-electron chi connectivity index (χ1n) is 28.1. The van der Waals surface area contributed by atoms with Crippen LogP contribution in [0.4, 0.5) is 0 Å². The summed E-state index contributed by atoms with van der Waals surface area (Å²) in [6.07, 6.45) is 12.5. The molecule has 2 aromatic carbocycles. The number of benzene rings is 2. The average Bonchev–Trinajstić information content (AvgIpc) is 4.17. The highest BCUT2D eigenvalue weighted by molar-refractivity contribution is 6.11. The van der Waals surface area contributed by atoms with Crippen molar-refractivity contribution in [3.05, 3.63) is 81.3 Å². The number of aryl methyl sites for hydroxylation is 1. The number of esters is 1. The number of hydrogen-bond acceptors (Lipinski definition) is 15. The molecule has 4 aliphatic heterocycles. The number of aliphatic hydroxyl groups is 6. The first kappa shape index (κ1) is 54.4. The molecule has 0 amide bonds. The highest BCUT2D eigenvalue weighted by atomic mass is 16.6. The van der Waals surface area contributed by atoms with Crippen molar-refractivity contribution in [2.45, 2.75) is 127 Å². The van der Waals surface area contributed by atoms with E-state index in [1.54, 1.807) is 14.0 Å². The molecule has 412 valence electrons. The first-order valence-corrected chi connectivity index (χ1v) is 28.1. The van der Waals surface area contributed by atoms with Crippen molar-refractivity contribution in [3.8, 4) is 17.2 Å². The van der Waals surface area contributed by atoms with E-state index in [0.29, 0.717) is 75.6 Å². The number of allylic oxidation sites excluding steroid dienone is 4. The Labute approximate surface area is 445 Å². The Morgan fingerprint density at radius 2 is 1.89 bits per heavy atom. The van der Waals surface area contributed by atoms with E-state index in [1.165, 1.54) is 0 Å². The van der Waals surface area contributed by atoms with Gasteiger partial charge in [0, 0.05) is 93.0 Å². The highest BCUT2D eigenvalue weighted by Gasteiger charge is 2.70. The molecule has 1 spiro atoms. The molecular formula is C60H78N2O14. The SMILES string of the molecule is CCCCCC(O)C1CC2CN(CCCOC)CCC2C2(O)C1C(CCO)C=CC21Cc2c(c(CO)c3c4c2OCC(CO)CCc2cc5[nH]ccc5cc2C2CC(=C4C(C=O)=C(C(=O)OCC)O3)CC(CO)C2=O)O1. The Morgan fingerprint density at radius 1 is 1.05 bits per heavy atom. The Kier molecular flexibility index (Phi) is 16.3. The third-order valence-electron chi connectivity index (χ3n) is 18.5. The Balaban J connectivity index is 1.20. The third-order valence-corrected chi connectivity index (χ3v) is 18.5. The summed E-state index contributed by atoms with van der Waals surface area (Å²) >= 11 is 0. The predicted molar refractivity (Wildman–Crippen MR) is 283 cm³/mol. The number of hydrogen-bond donors (Lipinski definition) is 7. The molecule has 16 heteroatoms. The molecule has 2 saturated carbocycles. The smallest absolute Gasteiger partial charge is 0.375 e. The maximum Gasteiger partial charge on any atom is 0.375 e. The van der Waals surface area contributed by atoms with Gasteiger partial charge in [-0.25, -0.2) is 4.79 Å². The van der Waals surface area contributed by atoms with Gasteiger partial charge in [0.15, 0.2) is 11.9 Å². The van der Waals surface area contributed by atoms with Crippen LogP contribution in [0.3, 0.4) is 0 Å². The first-order chi connectivity index (χ1) is 36.9. The van der Waals surface area contributed by atoms with Crippen LogP contribution < -0.4 is 14.2 Å². The molecule has 5 heterocycles. The van der Waals surface area contributed by atoms with Crippen LogP contribution in [0.1, 0.15) is 118 Å². The van der Waals surface area contributed by atoms with Gasteiger partial charge in [0.1, 0.15) is 28.6 Å². The van der Waals surface area contributed by atoms with E-state index < -0.39 is 65.9 Å². The largest absolute Gasteiger partial charge is 0.492 e. The molecule has 11 atom stereocenters. The second kappa shape index (κ2) is 22.8. The summed E-state index contributed by atoms with van der Waals surface area (Å²) in [5.74, 6) is -4.80. The van der Waals surface area contributed by atoms with Crippen molar-refractivity contribution >= 4 is 34.5 Å². The zero-order chi connectivity index (χ0) is 53.5. The van der Waals surface area contributed by atoms with Gasteiger partial charge in [-0.15, -0.1) is 0 Å². The highest BCUT2D eigenvalue weighted by Crippen LogP contribution is 2.65. The summed E-state index contributed by atoms with van der Waals surface area (Å²) in [6, 6.07) is 5.98. The number of ketones is 1. The van der Waals surface area contributed by atoms with Gasteiger partial charge in [-0.1, -0.05) is 37.8 Å². The molecule has 3 fully saturated rings. The molecule has 76 heavy (non-hydrogen) atoms. The predicted octanol–water partition coefficient (Wildman–Crippen LogP) is 6.04. The van der Waals surface area contributed by atoms with Crippen LogP contribution in [0, 0.1) is 41.4 Å². The molecule has 10 rings (SSSR count). The number of likely N-dealkylation sites (tertiary alicyclic amines) is 1. The van der Waals surface area contributed by atoms with Crippen molar-refractivity contribution in [3.63, 3.8) is 0 Å². The number of unbranched alkanes of at least 4 members (excludes halogenated alkanes) is 2. The normalized spacial score (nSPS) is 30.4. The fraction of sp³-hybridized carbons (Fsp3) is 0.617. The summed E-state index contributed by atoms with van der Waals surface area (Å²) in [7, 11) is 1.70. The van der Waals surface area contributed by atoms with Crippen LogP contribution in [0.5, 0.6) is 17.2 Å². The molecule has 1 aromatic heterocycles. The number of aldehydes is 1. The van der Waals surface area contributed by atoms with Gasteiger partial charge in [-0.2, -0.15) is 0 Å². The topological polar surface area (TPSA) is 238 Å². The van der Waals surface area contributed by atoms with Crippen molar-refractivity contribution in [1.82, 2.24) is 9.88 Å². The number of H-pyrrole nitrogens is 1. The number of aromatic nitrogens is 1. The molecule has 7 aliphatic rings. The molecule has 11 unspecified atom stereocenters. The molecule has 2 bridgehead atoms. The number of Topliss-reactive ketones (excluding diaryl/α,β-unsaturated/α-hetero) is 1. The van der Waals surface area contributed by atoms with Gasteiger partial charge < -0.3 is 64.2 Å². The van der Waals surface area contributed by atoms with Crippen molar-refractivity contribution < 1.29 is 68.7 Å². The molecule has 7 N–H and O–H groups in total. The minimum atomic E-state index is -1.65. The van der Waals surface area contributed by atoms with Crippen LogP contribution in [0.15, 0.2) is 53.5 Å². The molecule has 16 nitrogen and oxygen atoms in total. The number of ether oxygens (including phenoxy) is 5. The molecule has 3 aromatic rings. The second-order valence-corrected chi connectivity index (χ2v) is 22.7. The average molecular weight is 1050 g/mol. The summed E-state index contributed by atoms with van der Waals surface area (Å²) in [5, 5.41) is 72.5. The van der Waals surface area contributed by atoms with Gasteiger partial charge in [0.2, 0.25) is 5.76 Å². The lowest BCUT2D eigenvalue weighted by Gasteiger charge is -2.64. The van der Waals surface area contributed by atoms with Crippen LogP contribution in [0.2, 0.25) is 0 Å². The van der Waals surface area contributed by atoms with Crippen LogP contribution in [-0.4, -0.2) is 142 Å². The quantitative estimate of drug-likeness (QED) is 0.0354. The fourth-order valence-corrected chi connectivity index (χ4v) is 15.0. The third kappa shape index (κ3) is 9.35. The fourth-order valence-electron chi connectivity index (χ4n) is 15.0. The van der Waals surface area contributed by atoms with Gasteiger partial charge in [0.05, 0.1) is 49.2 Å². The Bertz CT molecular complexity index is 2760. The summed E-state index contributed by atoms with van der Waals surface area (Å²) in [6.45, 7) is 5.03. The van der Waals surface area contributed by atoms with Gasteiger partial charge in [-0.05, 0) is 136 Å². The standard InChI is InChI=1S/C60H78N2O14/c1-4-6-7-9-49(68)43-25-39-28-62(18-8-21-72-3)19-14-47(39)60(71)52(43)35(15-20-63)12-16-59(60)27-44-54(76-59)46(32-67)56-51-50(45(31-66)57(75-56)58(70)73-5-2)38-22-40(30-65)53(69)42(24-38)41-23-37-13-17-61-48(37)26-36(41)11-10-34(29-64)33-74-55(44)51/h12-13,16-17,23,26,31,34-35,39-40,42-43,47,49,52,61,63-65,67-68,71H,4-11,14-15,18-22,24-25,27-30,32-33H2,1-3H3. The maximum absolute atomic E-state index is 14.7. The van der Waals surface area contributed by atoms with E-state index in [-0.39, 0.29) is 115 Å². The number of nitrogens with zero attached hydrogens (tertiary/aromatic N) is 1. The van der Waals surface area contributed by atoms with Crippen molar-refractivity contribution in [1.29, 1.82) is 0 Å². The van der Waals surface area contributed by atoms with Gasteiger partial charge in [-0.3, -0.25) is 9.59 Å². The number of fused-ring (bicyclic) bond motifs is 11. The lowest BCUT2D eigenvalue weighted by molar-refractivity contribution is -0.250. The number of aliphatic hydroxyl groups excluding tert-OH is 5. The number of rotatable bonds is 17. The summed E-state index contributed by atoms with van der Waals surface area (Å²) in [4.78, 5) is 48.5. The zero-order valence-electron chi connectivity index (χ0n) is 44.4. The van der Waals surface area contributed by atoms with E-state index in [0.717, 1.165) is 54.3 Å². The summed E-state index contributed by atoms with van der Waals surface area (Å²) in [5.41, 5.74) is 0.970. The van der Waals surface area contributed by atoms with E-state index in [1.807, 2.05) is 36.5 Å². The van der Waals surface area contributed by atoms with Crippen LogP contribution in [-0.2, 0) is 43.3 Å². The summed E-state index contributed by atoms with van der Waals surface area (Å²) < 4.78 is 32.2. The second-order valence-electron chi connectivity index (χ2n) is 22.7. The minimum Gasteiger partial charge on any atom is -0.492 e. The molecule has 3 aliphatic carbocycles. The molecule has 0 radical (unpaired) electrons. The Hall–Kier alpha value is -4.91. The van der Waals surface area contributed by atoms with Crippen molar-refractivity contribution in [2.75, 3.05) is 66.4 Å². The maximum atomic E-state index is 14.7. The monoisotopic (exact) mass is 1050 g/mol. The van der Waals surface area contributed by atoms with E-state index in [2.05, 4.69) is 16.8 Å². The molecular weight excluding hydrogens is 973 g/mol. The van der Waals surface area contributed by atoms with Crippen LogP contribution >= 0.6 is 0 Å². The number of carbonyl (C=O) groups excluding carboxylic acids is 3. The Morgan fingerprint density at radius 3 is 2.63 bits per heavy atom.